The van der Waals surface area contributed by atoms with Crippen LogP contribution in [0.3, 0.4) is 0 Å². The van der Waals surface area contributed by atoms with Crippen molar-refractivity contribution < 1.29 is 36.5 Å². The van der Waals surface area contributed by atoms with Crippen LogP contribution in [0.4, 0.5) is 27.6 Å². The molecule has 1 atom stereocenters. The molecule has 0 amide bonds. The SMILES string of the molecule is [2H]C1=CC(C(F)(F)F)=CN(c2cccc(S(C)(=O)=O)c2)C1Oc1cc(F)cc(F)c1. The zero-order valence-corrected chi connectivity index (χ0v) is 15.6. The number of nitrogens with zero attached hydrogens (tertiary/aromatic N) is 1. The van der Waals surface area contributed by atoms with Crippen molar-refractivity contribution in [3.05, 3.63) is 78.0 Å². The van der Waals surface area contributed by atoms with E-state index in [4.69, 9.17) is 6.11 Å². The van der Waals surface area contributed by atoms with Crippen LogP contribution in [0.1, 0.15) is 1.37 Å². The summed E-state index contributed by atoms with van der Waals surface area (Å²) in [5.74, 6) is -2.31. The fourth-order valence-electron chi connectivity index (χ4n) is 2.55. The van der Waals surface area contributed by atoms with Crippen molar-refractivity contribution in [3.8, 4) is 5.75 Å². The van der Waals surface area contributed by atoms with Crippen LogP contribution in [0.15, 0.2) is 71.3 Å². The van der Waals surface area contributed by atoms with Crippen LogP contribution in [0.2, 0.25) is 0 Å². The van der Waals surface area contributed by atoms with Crippen LogP contribution >= 0.6 is 0 Å². The Bertz CT molecular complexity index is 1120. The highest BCUT2D eigenvalue weighted by atomic mass is 32.2. The highest BCUT2D eigenvalue weighted by Gasteiger charge is 2.36. The van der Waals surface area contributed by atoms with E-state index in [9.17, 15) is 30.4 Å². The Morgan fingerprint density at radius 1 is 1.10 bits per heavy atom. The Morgan fingerprint density at radius 2 is 1.76 bits per heavy atom. The summed E-state index contributed by atoms with van der Waals surface area (Å²) in [5.41, 5.74) is -1.21. The molecule has 29 heavy (non-hydrogen) atoms. The Kier molecular flexibility index (Phi) is 5.03. The predicted molar refractivity (Wildman–Crippen MR) is 96.1 cm³/mol. The molecule has 0 N–H and O–H groups in total. The van der Waals surface area contributed by atoms with Crippen LogP contribution in [0, 0.1) is 11.6 Å². The number of alkyl halides is 3. The summed E-state index contributed by atoms with van der Waals surface area (Å²) in [5, 5.41) is 0. The third-order valence-electron chi connectivity index (χ3n) is 3.87. The number of rotatable bonds is 4. The predicted octanol–water partition coefficient (Wildman–Crippen LogP) is 4.60. The van der Waals surface area contributed by atoms with Crippen molar-refractivity contribution in [1.29, 1.82) is 0 Å². The maximum absolute atomic E-state index is 13.5. The number of hydrogen-bond acceptors (Lipinski definition) is 4. The third-order valence-corrected chi connectivity index (χ3v) is 4.98. The van der Waals surface area contributed by atoms with E-state index >= 15 is 0 Å². The number of halogens is 5. The molecule has 2 aromatic carbocycles. The molecule has 1 aliphatic heterocycles. The minimum Gasteiger partial charge on any atom is -0.466 e. The molecule has 0 bridgehead atoms. The molecule has 1 heterocycles. The fraction of sp³-hybridized carbons (Fsp3) is 0.158. The van der Waals surface area contributed by atoms with Crippen molar-refractivity contribution in [2.45, 2.75) is 17.3 Å². The van der Waals surface area contributed by atoms with Gasteiger partial charge in [-0.25, -0.2) is 17.2 Å². The molecule has 1 aliphatic rings. The van der Waals surface area contributed by atoms with Crippen molar-refractivity contribution >= 4 is 15.5 Å². The zero-order chi connectivity index (χ0) is 22.3. The van der Waals surface area contributed by atoms with E-state index in [2.05, 4.69) is 0 Å². The Morgan fingerprint density at radius 3 is 2.34 bits per heavy atom. The van der Waals surface area contributed by atoms with E-state index in [0.29, 0.717) is 18.3 Å². The average Bonchev–Trinajstić information content (AvgIpc) is 2.61. The number of benzene rings is 2. The molecule has 0 radical (unpaired) electrons. The lowest BCUT2D eigenvalue weighted by molar-refractivity contribution is -0.0888. The van der Waals surface area contributed by atoms with E-state index < -0.39 is 45.5 Å². The molecular weight excluding hydrogens is 417 g/mol. The summed E-state index contributed by atoms with van der Waals surface area (Å²) >= 11 is 0. The first-order valence-electron chi connectivity index (χ1n) is 8.53. The number of allylic oxidation sites excluding steroid dienone is 2. The van der Waals surface area contributed by atoms with Gasteiger partial charge in [0.2, 0.25) is 0 Å². The summed E-state index contributed by atoms with van der Waals surface area (Å²) < 4.78 is 104. The van der Waals surface area contributed by atoms with E-state index in [1.165, 1.54) is 18.2 Å². The lowest BCUT2D eigenvalue weighted by atomic mass is 10.1. The smallest absolute Gasteiger partial charge is 0.417 e. The van der Waals surface area contributed by atoms with Crippen LogP contribution in [-0.4, -0.2) is 27.1 Å². The highest BCUT2D eigenvalue weighted by Crippen LogP contribution is 2.34. The standard InChI is InChI=1S/C19H14F5NO3S/c1-29(26,27)17-4-2-3-15(10-17)25-11-12(19(22,23)24)5-6-18(25)28-16-8-13(20)7-14(21)9-16/h2-11,18H,1H3/i6D. The topological polar surface area (TPSA) is 46.6 Å². The van der Waals surface area contributed by atoms with E-state index in [1.807, 2.05) is 0 Å². The van der Waals surface area contributed by atoms with Crippen LogP contribution in [0.25, 0.3) is 0 Å². The lowest BCUT2D eigenvalue weighted by Crippen LogP contribution is -2.37. The van der Waals surface area contributed by atoms with Crippen LogP contribution < -0.4 is 9.64 Å². The second kappa shape index (κ2) is 7.51. The molecule has 2 aromatic rings. The van der Waals surface area contributed by atoms with Gasteiger partial charge in [-0.1, -0.05) is 6.07 Å². The summed E-state index contributed by atoms with van der Waals surface area (Å²) in [7, 11) is -3.68. The first-order valence-corrected chi connectivity index (χ1v) is 9.92. The largest absolute Gasteiger partial charge is 0.466 e. The third kappa shape index (κ3) is 4.94. The summed E-state index contributed by atoms with van der Waals surface area (Å²) in [6.07, 6.45) is -4.24. The minimum atomic E-state index is -4.80. The first kappa shape index (κ1) is 19.4. The molecule has 4 nitrogen and oxygen atoms in total. The normalized spacial score (nSPS) is 18.1. The lowest BCUT2D eigenvalue weighted by Gasteiger charge is -2.32. The first-order chi connectivity index (χ1) is 13.8. The number of ether oxygens (including phenoxy) is 1. The van der Waals surface area contributed by atoms with Gasteiger partial charge in [0.15, 0.2) is 16.1 Å². The summed E-state index contributed by atoms with van der Waals surface area (Å²) in [4.78, 5) is 0.710. The molecule has 10 heteroatoms. The molecule has 0 spiro atoms. The van der Waals surface area contributed by atoms with E-state index in [1.54, 1.807) is 0 Å². The molecule has 0 saturated carbocycles. The van der Waals surface area contributed by atoms with Gasteiger partial charge in [-0.15, -0.1) is 0 Å². The van der Waals surface area contributed by atoms with Crippen LogP contribution in [-0.2, 0) is 9.84 Å². The maximum atomic E-state index is 13.5. The van der Waals surface area contributed by atoms with Gasteiger partial charge in [0.05, 0.1) is 11.8 Å². The minimum absolute atomic E-state index is 0.0283. The van der Waals surface area contributed by atoms with Gasteiger partial charge in [-0.05, 0) is 30.3 Å². The van der Waals surface area contributed by atoms with Gasteiger partial charge in [0.25, 0.3) is 0 Å². The summed E-state index contributed by atoms with van der Waals surface area (Å²) in [6.45, 7) is 0. The van der Waals surface area contributed by atoms with Gasteiger partial charge in [0, 0.05) is 36.3 Å². The molecule has 1 unspecified atom stereocenters. The second-order valence-corrected chi connectivity index (χ2v) is 8.16. The van der Waals surface area contributed by atoms with Gasteiger partial charge < -0.3 is 9.64 Å². The van der Waals surface area contributed by atoms with E-state index in [0.717, 1.165) is 29.4 Å². The molecule has 0 aliphatic carbocycles. The number of anilines is 1. The summed E-state index contributed by atoms with van der Waals surface area (Å²) in [6, 6.07) is 6.55. The second-order valence-electron chi connectivity index (χ2n) is 6.15. The van der Waals surface area contributed by atoms with E-state index in [-0.39, 0.29) is 16.3 Å². The quantitative estimate of drug-likeness (QED) is 0.663. The van der Waals surface area contributed by atoms with Crippen molar-refractivity contribution in [3.63, 3.8) is 0 Å². The molecule has 0 fully saturated rings. The Hall–Kier alpha value is -2.88. The molecular formula is C19H14F5NO3S. The van der Waals surface area contributed by atoms with Crippen molar-refractivity contribution in [1.82, 2.24) is 0 Å². The van der Waals surface area contributed by atoms with Crippen molar-refractivity contribution in [2.24, 2.45) is 0 Å². The molecule has 3 rings (SSSR count). The monoisotopic (exact) mass is 432 g/mol. The number of sulfone groups is 1. The van der Waals surface area contributed by atoms with Crippen molar-refractivity contribution in [2.75, 3.05) is 11.2 Å². The van der Waals surface area contributed by atoms with Gasteiger partial charge in [-0.3, -0.25) is 0 Å². The van der Waals surface area contributed by atoms with Gasteiger partial charge in [-0.2, -0.15) is 13.2 Å². The highest BCUT2D eigenvalue weighted by molar-refractivity contribution is 7.90. The fourth-order valence-corrected chi connectivity index (χ4v) is 3.21. The zero-order valence-electron chi connectivity index (χ0n) is 15.7. The van der Waals surface area contributed by atoms with Gasteiger partial charge >= 0.3 is 6.18 Å². The molecule has 0 aromatic heterocycles. The Labute approximate surface area is 164 Å². The Balaban J connectivity index is 2.10. The van der Waals surface area contributed by atoms with Crippen LogP contribution in [0.5, 0.6) is 5.75 Å². The molecule has 154 valence electrons. The number of hydrogen-bond donors (Lipinski definition) is 0. The molecule has 0 saturated heterocycles. The van der Waals surface area contributed by atoms with Gasteiger partial charge in [0.1, 0.15) is 17.4 Å². The maximum Gasteiger partial charge on any atom is 0.417 e. The average molecular weight is 432 g/mol.